The SMILES string of the molecule is C=C(C)C(=O)Nc1cccc(Oc2ccc3c(c2)C(=O)N(CC2CCCO2)C3=O)c1. The zero-order chi connectivity index (χ0) is 21.3. The number of anilines is 1. The van der Waals surface area contributed by atoms with Gasteiger partial charge in [-0.15, -0.1) is 0 Å². The van der Waals surface area contributed by atoms with Crippen LogP contribution in [0, 0.1) is 0 Å². The first-order valence-corrected chi connectivity index (χ1v) is 9.79. The lowest BCUT2D eigenvalue weighted by Gasteiger charge is -2.17. The van der Waals surface area contributed by atoms with Gasteiger partial charge in [0.1, 0.15) is 11.5 Å². The van der Waals surface area contributed by atoms with Gasteiger partial charge in [-0.3, -0.25) is 19.3 Å². The second-order valence-corrected chi connectivity index (χ2v) is 7.43. The van der Waals surface area contributed by atoms with E-state index >= 15 is 0 Å². The van der Waals surface area contributed by atoms with Crippen LogP contribution in [0.4, 0.5) is 5.69 Å². The van der Waals surface area contributed by atoms with Crippen molar-refractivity contribution in [2.24, 2.45) is 0 Å². The molecule has 2 heterocycles. The maximum atomic E-state index is 12.8. The Bertz CT molecular complexity index is 1040. The molecule has 2 aliphatic heterocycles. The molecule has 154 valence electrons. The van der Waals surface area contributed by atoms with Gasteiger partial charge in [0.15, 0.2) is 0 Å². The van der Waals surface area contributed by atoms with E-state index < -0.39 is 0 Å². The van der Waals surface area contributed by atoms with Gasteiger partial charge in [0.05, 0.1) is 23.8 Å². The molecule has 1 fully saturated rings. The van der Waals surface area contributed by atoms with Crippen LogP contribution < -0.4 is 10.1 Å². The van der Waals surface area contributed by atoms with Crippen LogP contribution in [0.25, 0.3) is 0 Å². The van der Waals surface area contributed by atoms with Crippen molar-refractivity contribution in [1.29, 1.82) is 0 Å². The zero-order valence-corrected chi connectivity index (χ0v) is 16.6. The molecule has 0 saturated carbocycles. The van der Waals surface area contributed by atoms with Crippen LogP contribution in [0.3, 0.4) is 0 Å². The van der Waals surface area contributed by atoms with Crippen LogP contribution in [0.1, 0.15) is 40.5 Å². The van der Waals surface area contributed by atoms with Crippen molar-refractivity contribution >= 4 is 23.4 Å². The number of imide groups is 1. The lowest BCUT2D eigenvalue weighted by molar-refractivity contribution is -0.112. The van der Waals surface area contributed by atoms with Gasteiger partial charge < -0.3 is 14.8 Å². The molecule has 1 N–H and O–H groups in total. The number of nitrogens with one attached hydrogen (secondary N) is 1. The third-order valence-corrected chi connectivity index (χ3v) is 5.07. The van der Waals surface area contributed by atoms with E-state index in [-0.39, 0.29) is 30.4 Å². The minimum Gasteiger partial charge on any atom is -0.457 e. The van der Waals surface area contributed by atoms with E-state index in [1.54, 1.807) is 49.4 Å². The summed E-state index contributed by atoms with van der Waals surface area (Å²) in [5, 5.41) is 2.73. The number of carbonyl (C=O) groups excluding carboxylic acids is 3. The third kappa shape index (κ3) is 3.97. The van der Waals surface area contributed by atoms with E-state index in [4.69, 9.17) is 9.47 Å². The van der Waals surface area contributed by atoms with Crippen molar-refractivity contribution in [3.8, 4) is 11.5 Å². The summed E-state index contributed by atoms with van der Waals surface area (Å²) >= 11 is 0. The third-order valence-electron chi connectivity index (χ3n) is 5.07. The fourth-order valence-corrected chi connectivity index (χ4v) is 3.50. The topological polar surface area (TPSA) is 84.9 Å². The van der Waals surface area contributed by atoms with Gasteiger partial charge in [-0.1, -0.05) is 12.6 Å². The Balaban J connectivity index is 1.50. The maximum Gasteiger partial charge on any atom is 0.261 e. The summed E-state index contributed by atoms with van der Waals surface area (Å²) in [6.07, 6.45) is 1.69. The first-order valence-electron chi connectivity index (χ1n) is 9.79. The largest absolute Gasteiger partial charge is 0.457 e. The van der Waals surface area contributed by atoms with E-state index in [0.717, 1.165) is 12.8 Å². The molecule has 1 atom stereocenters. The van der Waals surface area contributed by atoms with Gasteiger partial charge in [-0.2, -0.15) is 0 Å². The molecule has 2 aromatic carbocycles. The van der Waals surface area contributed by atoms with Crippen LogP contribution in [0.2, 0.25) is 0 Å². The summed E-state index contributed by atoms with van der Waals surface area (Å²) < 4.78 is 11.4. The average molecular weight is 406 g/mol. The minimum atomic E-state index is -0.335. The van der Waals surface area contributed by atoms with Crippen LogP contribution in [-0.2, 0) is 9.53 Å². The molecule has 7 heteroatoms. The standard InChI is InChI=1S/C23H22N2O5/c1-14(2)21(26)24-15-5-3-6-16(11-15)30-17-8-9-19-20(12-17)23(28)25(22(19)27)13-18-7-4-10-29-18/h3,5-6,8-9,11-12,18H,1,4,7,10,13H2,2H3,(H,24,26). The molecule has 2 aromatic rings. The Kier molecular flexibility index (Phi) is 5.37. The monoisotopic (exact) mass is 406 g/mol. The number of amides is 3. The first kappa shape index (κ1) is 19.8. The number of rotatable bonds is 6. The van der Waals surface area contributed by atoms with Gasteiger partial charge in [-0.25, -0.2) is 0 Å². The quantitative estimate of drug-likeness (QED) is 0.583. The summed E-state index contributed by atoms with van der Waals surface area (Å²) in [7, 11) is 0. The maximum absolute atomic E-state index is 12.8. The summed E-state index contributed by atoms with van der Waals surface area (Å²) in [4.78, 5) is 38.5. The molecular formula is C23H22N2O5. The predicted molar refractivity (Wildman–Crippen MR) is 111 cm³/mol. The normalized spacial score (nSPS) is 17.8. The highest BCUT2D eigenvalue weighted by molar-refractivity contribution is 6.21. The van der Waals surface area contributed by atoms with E-state index in [9.17, 15) is 14.4 Å². The van der Waals surface area contributed by atoms with Crippen molar-refractivity contribution in [3.63, 3.8) is 0 Å². The second-order valence-electron chi connectivity index (χ2n) is 7.43. The highest BCUT2D eigenvalue weighted by atomic mass is 16.5. The molecule has 1 unspecified atom stereocenters. The van der Waals surface area contributed by atoms with E-state index in [0.29, 0.717) is 40.5 Å². The average Bonchev–Trinajstić information content (AvgIpc) is 3.31. The van der Waals surface area contributed by atoms with Crippen LogP contribution in [0.15, 0.2) is 54.6 Å². The Hall–Kier alpha value is -3.45. The highest BCUT2D eigenvalue weighted by Crippen LogP contribution is 2.31. The van der Waals surface area contributed by atoms with Crippen molar-refractivity contribution in [3.05, 3.63) is 65.7 Å². The Morgan fingerprint density at radius 3 is 2.67 bits per heavy atom. The first-order chi connectivity index (χ1) is 14.4. The number of benzene rings is 2. The molecule has 0 aliphatic carbocycles. The molecule has 2 aliphatic rings. The fourth-order valence-electron chi connectivity index (χ4n) is 3.50. The van der Waals surface area contributed by atoms with Crippen molar-refractivity contribution < 1.29 is 23.9 Å². The molecule has 4 rings (SSSR count). The van der Waals surface area contributed by atoms with Crippen LogP contribution >= 0.6 is 0 Å². The molecular weight excluding hydrogens is 384 g/mol. The summed E-state index contributed by atoms with van der Waals surface area (Å²) in [6.45, 7) is 6.17. The highest BCUT2D eigenvalue weighted by Gasteiger charge is 2.37. The van der Waals surface area contributed by atoms with E-state index in [1.807, 2.05) is 0 Å². The molecule has 30 heavy (non-hydrogen) atoms. The van der Waals surface area contributed by atoms with E-state index in [2.05, 4.69) is 11.9 Å². The number of hydrogen-bond donors (Lipinski definition) is 1. The molecule has 0 radical (unpaired) electrons. The fraction of sp³-hybridized carbons (Fsp3) is 0.261. The van der Waals surface area contributed by atoms with Crippen molar-refractivity contribution in [1.82, 2.24) is 4.90 Å². The summed E-state index contributed by atoms with van der Waals surface area (Å²) in [6, 6.07) is 11.7. The lowest BCUT2D eigenvalue weighted by atomic mass is 10.1. The molecule has 0 aromatic heterocycles. The molecule has 7 nitrogen and oxygen atoms in total. The number of nitrogens with zero attached hydrogens (tertiary/aromatic N) is 1. The molecule has 0 spiro atoms. The summed E-state index contributed by atoms with van der Waals surface area (Å²) in [5.74, 6) is -0.000191. The molecule has 0 bridgehead atoms. The number of hydrogen-bond acceptors (Lipinski definition) is 5. The van der Waals surface area contributed by atoms with Crippen LogP contribution in [0.5, 0.6) is 11.5 Å². The number of carbonyl (C=O) groups is 3. The molecule has 3 amide bonds. The summed E-state index contributed by atoms with van der Waals surface area (Å²) in [5.41, 5.74) is 1.65. The second kappa shape index (κ2) is 8.12. The lowest BCUT2D eigenvalue weighted by Crippen LogP contribution is -2.36. The van der Waals surface area contributed by atoms with Gasteiger partial charge in [-0.05, 0) is 50.1 Å². The van der Waals surface area contributed by atoms with Gasteiger partial charge in [0, 0.05) is 23.9 Å². The number of ether oxygens (including phenoxy) is 2. The zero-order valence-electron chi connectivity index (χ0n) is 16.6. The van der Waals surface area contributed by atoms with E-state index in [1.165, 1.54) is 4.90 Å². The predicted octanol–water partition coefficient (Wildman–Crippen LogP) is 3.77. The Morgan fingerprint density at radius 1 is 1.17 bits per heavy atom. The van der Waals surface area contributed by atoms with Crippen molar-refractivity contribution in [2.75, 3.05) is 18.5 Å². The van der Waals surface area contributed by atoms with Gasteiger partial charge in [0.25, 0.3) is 17.7 Å². The van der Waals surface area contributed by atoms with Crippen LogP contribution in [-0.4, -0.2) is 41.9 Å². The van der Waals surface area contributed by atoms with Crippen molar-refractivity contribution in [2.45, 2.75) is 25.9 Å². The van der Waals surface area contributed by atoms with Gasteiger partial charge in [0.2, 0.25) is 0 Å². The smallest absolute Gasteiger partial charge is 0.261 e. The minimum absolute atomic E-state index is 0.0971. The van der Waals surface area contributed by atoms with Gasteiger partial charge >= 0.3 is 0 Å². The number of fused-ring (bicyclic) bond motifs is 1. The molecule has 1 saturated heterocycles. The Morgan fingerprint density at radius 2 is 1.93 bits per heavy atom. The Labute approximate surface area is 174 Å².